The molecule has 4 nitrogen and oxygen atoms in total. The molecule has 0 radical (unpaired) electrons. The van der Waals surface area contributed by atoms with Gasteiger partial charge in [-0.05, 0) is 5.56 Å². The number of carbonyl (C=O) groups excluding carboxylic acids is 1. The SMILES string of the molecule is N#C[C@H]1C[C@@H](F)CN1C(=O)OCc1ccccc1. The van der Waals surface area contributed by atoms with Crippen LogP contribution in [0.3, 0.4) is 0 Å². The Kier molecular flexibility index (Phi) is 3.78. The molecule has 1 amide bonds. The van der Waals surface area contributed by atoms with Crippen LogP contribution in [0.4, 0.5) is 9.18 Å². The van der Waals surface area contributed by atoms with Crippen molar-refractivity contribution in [3.05, 3.63) is 35.9 Å². The highest BCUT2D eigenvalue weighted by molar-refractivity contribution is 5.69. The summed E-state index contributed by atoms with van der Waals surface area (Å²) in [5.41, 5.74) is 0.857. The molecule has 1 aliphatic heterocycles. The lowest BCUT2D eigenvalue weighted by atomic mass is 10.2. The molecular weight excluding hydrogens is 235 g/mol. The number of rotatable bonds is 2. The molecule has 1 saturated heterocycles. The summed E-state index contributed by atoms with van der Waals surface area (Å²) in [5, 5.41) is 8.82. The third-order valence-electron chi connectivity index (χ3n) is 2.84. The Bertz CT molecular complexity index is 458. The van der Waals surface area contributed by atoms with Gasteiger partial charge in [-0.1, -0.05) is 30.3 Å². The van der Waals surface area contributed by atoms with Crippen molar-refractivity contribution in [2.24, 2.45) is 0 Å². The molecule has 0 aromatic heterocycles. The normalized spacial score (nSPS) is 22.6. The van der Waals surface area contributed by atoms with Crippen LogP contribution in [0.2, 0.25) is 0 Å². The minimum Gasteiger partial charge on any atom is -0.445 e. The van der Waals surface area contributed by atoms with Crippen molar-refractivity contribution in [3.8, 4) is 6.07 Å². The molecule has 1 aromatic rings. The molecule has 1 aliphatic rings. The first kappa shape index (κ1) is 12.4. The van der Waals surface area contributed by atoms with E-state index in [1.807, 2.05) is 36.4 Å². The summed E-state index contributed by atoms with van der Waals surface area (Å²) < 4.78 is 18.2. The zero-order valence-electron chi connectivity index (χ0n) is 9.75. The molecule has 1 fully saturated rings. The molecule has 0 N–H and O–H groups in total. The summed E-state index contributed by atoms with van der Waals surface area (Å²) in [6.07, 6.45) is -1.71. The number of benzene rings is 1. The Hall–Kier alpha value is -2.09. The minimum atomic E-state index is -1.14. The minimum absolute atomic E-state index is 0.0636. The second kappa shape index (κ2) is 5.50. The molecule has 94 valence electrons. The van der Waals surface area contributed by atoms with Gasteiger partial charge in [-0.25, -0.2) is 9.18 Å². The van der Waals surface area contributed by atoms with Gasteiger partial charge in [0.25, 0.3) is 0 Å². The first-order valence-corrected chi connectivity index (χ1v) is 5.71. The number of nitrogens with zero attached hydrogens (tertiary/aromatic N) is 2. The highest BCUT2D eigenvalue weighted by Gasteiger charge is 2.36. The fourth-order valence-corrected chi connectivity index (χ4v) is 1.91. The second-order valence-corrected chi connectivity index (χ2v) is 4.17. The Morgan fingerprint density at radius 3 is 2.89 bits per heavy atom. The summed E-state index contributed by atoms with van der Waals surface area (Å²) in [6.45, 7) is 0.0666. The third-order valence-corrected chi connectivity index (χ3v) is 2.84. The van der Waals surface area contributed by atoms with Gasteiger partial charge in [0, 0.05) is 6.42 Å². The highest BCUT2D eigenvalue weighted by Crippen LogP contribution is 2.21. The van der Waals surface area contributed by atoms with Crippen LogP contribution in [0, 0.1) is 11.3 Å². The molecule has 1 aromatic carbocycles. The van der Waals surface area contributed by atoms with Crippen molar-refractivity contribution in [2.75, 3.05) is 6.54 Å². The van der Waals surface area contributed by atoms with Crippen LogP contribution in [0.15, 0.2) is 30.3 Å². The van der Waals surface area contributed by atoms with Crippen molar-refractivity contribution in [2.45, 2.75) is 25.2 Å². The Morgan fingerprint density at radius 2 is 2.22 bits per heavy atom. The van der Waals surface area contributed by atoms with Gasteiger partial charge in [-0.15, -0.1) is 0 Å². The van der Waals surface area contributed by atoms with E-state index in [4.69, 9.17) is 10.00 Å². The number of amides is 1. The first-order valence-electron chi connectivity index (χ1n) is 5.71. The largest absolute Gasteiger partial charge is 0.445 e. The lowest BCUT2D eigenvalue weighted by Crippen LogP contribution is -2.35. The number of halogens is 1. The topological polar surface area (TPSA) is 53.3 Å². The third kappa shape index (κ3) is 2.77. The predicted molar refractivity (Wildman–Crippen MR) is 62.2 cm³/mol. The van der Waals surface area contributed by atoms with Gasteiger partial charge in [-0.2, -0.15) is 5.26 Å². The number of hydrogen-bond donors (Lipinski definition) is 0. The summed E-state index contributed by atoms with van der Waals surface area (Å²) >= 11 is 0. The van der Waals surface area contributed by atoms with Crippen LogP contribution in [0.25, 0.3) is 0 Å². The maximum Gasteiger partial charge on any atom is 0.411 e. The zero-order valence-corrected chi connectivity index (χ0v) is 9.75. The van der Waals surface area contributed by atoms with Crippen molar-refractivity contribution >= 4 is 6.09 Å². The van der Waals surface area contributed by atoms with E-state index >= 15 is 0 Å². The summed E-state index contributed by atoms with van der Waals surface area (Å²) in [7, 11) is 0. The van der Waals surface area contributed by atoms with Gasteiger partial charge in [-0.3, -0.25) is 4.90 Å². The smallest absolute Gasteiger partial charge is 0.411 e. The molecule has 0 aliphatic carbocycles. The molecule has 2 atom stereocenters. The number of carbonyl (C=O) groups is 1. The van der Waals surface area contributed by atoms with Gasteiger partial charge in [0.2, 0.25) is 0 Å². The lowest BCUT2D eigenvalue weighted by Gasteiger charge is -2.18. The van der Waals surface area contributed by atoms with Crippen LogP contribution in [-0.4, -0.2) is 29.8 Å². The van der Waals surface area contributed by atoms with E-state index in [2.05, 4.69) is 0 Å². The number of likely N-dealkylation sites (tertiary alicyclic amines) is 1. The number of hydrogen-bond acceptors (Lipinski definition) is 3. The first-order chi connectivity index (χ1) is 8.70. The summed E-state index contributed by atoms with van der Waals surface area (Å²) in [5.74, 6) is 0. The Labute approximate surface area is 105 Å². The molecular formula is C13H13FN2O2. The molecule has 0 saturated carbocycles. The number of alkyl halides is 1. The van der Waals surface area contributed by atoms with Crippen molar-refractivity contribution in [3.63, 3.8) is 0 Å². The van der Waals surface area contributed by atoms with Crippen LogP contribution in [0.5, 0.6) is 0 Å². The average Bonchev–Trinajstić information content (AvgIpc) is 2.78. The number of ether oxygens (including phenoxy) is 1. The van der Waals surface area contributed by atoms with Gasteiger partial charge in [0.05, 0.1) is 12.6 Å². The maximum absolute atomic E-state index is 13.1. The molecule has 0 spiro atoms. The molecule has 18 heavy (non-hydrogen) atoms. The highest BCUT2D eigenvalue weighted by atomic mass is 19.1. The van der Waals surface area contributed by atoms with Crippen molar-refractivity contribution in [1.29, 1.82) is 5.26 Å². The molecule has 5 heteroatoms. The van der Waals surface area contributed by atoms with E-state index in [0.717, 1.165) is 10.5 Å². The predicted octanol–water partition coefficient (Wildman–Crippen LogP) is 2.26. The van der Waals surface area contributed by atoms with E-state index < -0.39 is 18.3 Å². The zero-order chi connectivity index (χ0) is 13.0. The molecule has 2 rings (SSSR count). The average molecular weight is 248 g/mol. The summed E-state index contributed by atoms with van der Waals surface area (Å²) in [6, 6.07) is 10.4. The van der Waals surface area contributed by atoms with Gasteiger partial charge in [0.1, 0.15) is 18.8 Å². The van der Waals surface area contributed by atoms with E-state index in [0.29, 0.717) is 0 Å². The lowest BCUT2D eigenvalue weighted by molar-refractivity contribution is 0.0963. The van der Waals surface area contributed by atoms with Gasteiger partial charge >= 0.3 is 6.09 Å². The summed E-state index contributed by atoms with van der Waals surface area (Å²) in [4.78, 5) is 12.9. The molecule has 1 heterocycles. The Balaban J connectivity index is 1.91. The second-order valence-electron chi connectivity index (χ2n) is 4.17. The monoisotopic (exact) mass is 248 g/mol. The molecule has 0 unspecified atom stereocenters. The van der Waals surface area contributed by atoms with E-state index in [-0.39, 0.29) is 19.6 Å². The van der Waals surface area contributed by atoms with Crippen LogP contribution in [0.1, 0.15) is 12.0 Å². The quantitative estimate of drug-likeness (QED) is 0.806. The Morgan fingerprint density at radius 1 is 1.50 bits per heavy atom. The maximum atomic E-state index is 13.1. The van der Waals surface area contributed by atoms with Crippen molar-refractivity contribution in [1.82, 2.24) is 4.90 Å². The fraction of sp³-hybridized carbons (Fsp3) is 0.385. The standard InChI is InChI=1S/C13H13FN2O2/c14-11-6-12(7-15)16(8-11)13(17)18-9-10-4-2-1-3-5-10/h1-5,11-12H,6,8-9H2/t11-,12-/m1/s1. The van der Waals surface area contributed by atoms with E-state index in [9.17, 15) is 9.18 Å². The number of nitriles is 1. The van der Waals surface area contributed by atoms with Crippen LogP contribution in [-0.2, 0) is 11.3 Å². The van der Waals surface area contributed by atoms with Crippen LogP contribution >= 0.6 is 0 Å². The van der Waals surface area contributed by atoms with E-state index in [1.165, 1.54) is 0 Å². The van der Waals surface area contributed by atoms with Crippen LogP contribution < -0.4 is 0 Å². The van der Waals surface area contributed by atoms with Gasteiger partial charge in [0.15, 0.2) is 0 Å². The molecule has 0 bridgehead atoms. The van der Waals surface area contributed by atoms with Crippen molar-refractivity contribution < 1.29 is 13.9 Å². The fourth-order valence-electron chi connectivity index (χ4n) is 1.91. The van der Waals surface area contributed by atoms with Gasteiger partial charge < -0.3 is 4.74 Å². The van der Waals surface area contributed by atoms with E-state index in [1.54, 1.807) is 0 Å².